The number of para-hydroxylation sites is 2. The second-order valence-corrected chi connectivity index (χ2v) is 8.02. The minimum absolute atomic E-state index is 0.101. The second-order valence-electron chi connectivity index (χ2n) is 8.02. The van der Waals surface area contributed by atoms with Crippen molar-refractivity contribution in [3.05, 3.63) is 90.0 Å². The Kier molecular flexibility index (Phi) is 9.99. The number of amides is 2. The molecule has 6 heteroatoms. The van der Waals surface area contributed by atoms with Crippen LogP contribution in [0.15, 0.2) is 78.9 Å². The minimum atomic E-state index is -0.181. The van der Waals surface area contributed by atoms with Crippen molar-refractivity contribution in [3.8, 4) is 5.75 Å². The Morgan fingerprint density at radius 1 is 0.853 bits per heavy atom. The first-order chi connectivity index (χ1) is 16.7. The van der Waals surface area contributed by atoms with Crippen molar-refractivity contribution in [1.82, 2.24) is 5.32 Å². The quantitative estimate of drug-likeness (QED) is 0.304. The van der Waals surface area contributed by atoms with Crippen LogP contribution in [-0.4, -0.2) is 31.5 Å². The molecule has 0 spiro atoms. The minimum Gasteiger partial charge on any atom is -0.491 e. The summed E-state index contributed by atoms with van der Waals surface area (Å²) >= 11 is 0. The van der Waals surface area contributed by atoms with E-state index in [-0.39, 0.29) is 18.4 Å². The van der Waals surface area contributed by atoms with E-state index in [1.165, 1.54) is 5.56 Å². The third kappa shape index (κ3) is 8.28. The maximum atomic E-state index is 12.4. The lowest BCUT2D eigenvalue weighted by Crippen LogP contribution is -2.24. The van der Waals surface area contributed by atoms with E-state index in [2.05, 4.69) is 35.0 Å². The van der Waals surface area contributed by atoms with Crippen molar-refractivity contribution in [3.63, 3.8) is 0 Å². The predicted molar refractivity (Wildman–Crippen MR) is 138 cm³/mol. The summed E-state index contributed by atoms with van der Waals surface area (Å²) in [4.78, 5) is 24.5. The Morgan fingerprint density at radius 3 is 2.35 bits per heavy atom. The molecule has 0 fully saturated rings. The molecule has 0 aromatic heterocycles. The number of nitrogens with one attached hydrogen (secondary N) is 3. The zero-order valence-electron chi connectivity index (χ0n) is 19.7. The summed E-state index contributed by atoms with van der Waals surface area (Å²) in [5, 5.41) is 8.88. The Bertz CT molecular complexity index is 1040. The van der Waals surface area contributed by atoms with Gasteiger partial charge in [0.1, 0.15) is 5.75 Å². The lowest BCUT2D eigenvalue weighted by molar-refractivity contribution is -0.114. The SMILES string of the molecule is CCCCNC(=O)c1ccc(NC(=O)CNc2ccccc2OCCCc2ccccc2)cc1. The van der Waals surface area contributed by atoms with Crippen LogP contribution in [0.3, 0.4) is 0 Å². The molecule has 0 atom stereocenters. The summed E-state index contributed by atoms with van der Waals surface area (Å²) in [5.74, 6) is 0.439. The molecule has 0 unspecified atom stereocenters. The van der Waals surface area contributed by atoms with Gasteiger partial charge in [0.15, 0.2) is 0 Å². The van der Waals surface area contributed by atoms with Crippen LogP contribution < -0.4 is 20.7 Å². The molecule has 0 saturated heterocycles. The highest BCUT2D eigenvalue weighted by Crippen LogP contribution is 2.24. The van der Waals surface area contributed by atoms with E-state index < -0.39 is 0 Å². The molecule has 6 nitrogen and oxygen atoms in total. The van der Waals surface area contributed by atoms with Crippen LogP contribution in [0.2, 0.25) is 0 Å². The molecule has 0 aliphatic carbocycles. The summed E-state index contributed by atoms with van der Waals surface area (Å²) in [6.45, 7) is 3.44. The maximum Gasteiger partial charge on any atom is 0.251 e. The Balaban J connectivity index is 1.43. The van der Waals surface area contributed by atoms with Crippen molar-refractivity contribution in [2.24, 2.45) is 0 Å². The van der Waals surface area contributed by atoms with Gasteiger partial charge in [-0.05, 0) is 61.2 Å². The fourth-order valence-corrected chi connectivity index (χ4v) is 3.41. The molecule has 178 valence electrons. The molecule has 0 bridgehead atoms. The average molecular weight is 460 g/mol. The fourth-order valence-electron chi connectivity index (χ4n) is 3.41. The number of anilines is 2. The number of aryl methyl sites for hydroxylation is 1. The number of hydrogen-bond donors (Lipinski definition) is 3. The predicted octanol–water partition coefficient (Wildman–Crippen LogP) is 5.28. The van der Waals surface area contributed by atoms with E-state index in [0.717, 1.165) is 37.1 Å². The Labute approximate surface area is 201 Å². The topological polar surface area (TPSA) is 79.5 Å². The van der Waals surface area contributed by atoms with Gasteiger partial charge in [0.2, 0.25) is 5.91 Å². The number of unbranched alkanes of at least 4 members (excludes halogenated alkanes) is 1. The first-order valence-electron chi connectivity index (χ1n) is 11.8. The molecule has 3 aromatic carbocycles. The van der Waals surface area contributed by atoms with Gasteiger partial charge in [0, 0.05) is 17.8 Å². The third-order valence-electron chi connectivity index (χ3n) is 5.28. The van der Waals surface area contributed by atoms with Crippen LogP contribution in [0.25, 0.3) is 0 Å². The number of rotatable bonds is 13. The molecular formula is C28H33N3O3. The zero-order valence-corrected chi connectivity index (χ0v) is 19.7. The molecule has 0 radical (unpaired) electrons. The van der Waals surface area contributed by atoms with Gasteiger partial charge in [0.05, 0.1) is 18.8 Å². The highest BCUT2D eigenvalue weighted by atomic mass is 16.5. The summed E-state index contributed by atoms with van der Waals surface area (Å²) < 4.78 is 5.95. The molecule has 0 heterocycles. The Morgan fingerprint density at radius 2 is 1.59 bits per heavy atom. The lowest BCUT2D eigenvalue weighted by Gasteiger charge is -2.13. The summed E-state index contributed by atoms with van der Waals surface area (Å²) in [5.41, 5.74) is 3.28. The van der Waals surface area contributed by atoms with Gasteiger partial charge < -0.3 is 20.7 Å². The van der Waals surface area contributed by atoms with Gasteiger partial charge in [0.25, 0.3) is 5.91 Å². The average Bonchev–Trinajstić information content (AvgIpc) is 2.87. The first kappa shape index (κ1) is 24.8. The molecule has 0 aliphatic heterocycles. The monoisotopic (exact) mass is 459 g/mol. The smallest absolute Gasteiger partial charge is 0.251 e. The van der Waals surface area contributed by atoms with Crippen molar-refractivity contribution < 1.29 is 14.3 Å². The van der Waals surface area contributed by atoms with Gasteiger partial charge >= 0.3 is 0 Å². The number of ether oxygens (including phenoxy) is 1. The van der Waals surface area contributed by atoms with Gasteiger partial charge in [-0.2, -0.15) is 0 Å². The van der Waals surface area contributed by atoms with Crippen LogP contribution in [0.4, 0.5) is 11.4 Å². The van der Waals surface area contributed by atoms with Gasteiger partial charge in [-0.25, -0.2) is 0 Å². The highest BCUT2D eigenvalue weighted by molar-refractivity contribution is 5.96. The summed E-state index contributed by atoms with van der Waals surface area (Å²) in [7, 11) is 0. The van der Waals surface area contributed by atoms with Crippen LogP contribution in [-0.2, 0) is 11.2 Å². The van der Waals surface area contributed by atoms with Crippen LogP contribution in [0.1, 0.15) is 42.1 Å². The normalized spacial score (nSPS) is 10.4. The number of carbonyl (C=O) groups is 2. The number of hydrogen-bond acceptors (Lipinski definition) is 4. The van der Waals surface area contributed by atoms with Crippen molar-refractivity contribution in [2.45, 2.75) is 32.6 Å². The van der Waals surface area contributed by atoms with Gasteiger partial charge in [-0.1, -0.05) is 55.8 Å². The number of carbonyl (C=O) groups excluding carboxylic acids is 2. The van der Waals surface area contributed by atoms with E-state index in [0.29, 0.717) is 24.4 Å². The van der Waals surface area contributed by atoms with Gasteiger partial charge in [-0.3, -0.25) is 9.59 Å². The van der Waals surface area contributed by atoms with Gasteiger partial charge in [-0.15, -0.1) is 0 Å². The zero-order chi connectivity index (χ0) is 24.0. The molecular weight excluding hydrogens is 426 g/mol. The van der Waals surface area contributed by atoms with E-state index in [1.807, 2.05) is 42.5 Å². The molecule has 34 heavy (non-hydrogen) atoms. The highest BCUT2D eigenvalue weighted by Gasteiger charge is 2.08. The summed E-state index contributed by atoms with van der Waals surface area (Å²) in [6.07, 6.45) is 3.85. The maximum absolute atomic E-state index is 12.4. The standard InChI is InChI=1S/C28H33N3O3/c1-2-3-19-29-28(33)23-15-17-24(18-16-23)31-27(32)21-30-25-13-7-8-14-26(25)34-20-9-12-22-10-5-4-6-11-22/h4-8,10-11,13-18,30H,2-3,9,12,19-21H2,1H3,(H,29,33)(H,31,32). The van der Waals surface area contributed by atoms with Crippen molar-refractivity contribution in [1.29, 1.82) is 0 Å². The third-order valence-corrected chi connectivity index (χ3v) is 5.28. The molecule has 2 amide bonds. The first-order valence-corrected chi connectivity index (χ1v) is 11.8. The van der Waals surface area contributed by atoms with E-state index in [1.54, 1.807) is 24.3 Å². The van der Waals surface area contributed by atoms with Crippen molar-refractivity contribution in [2.75, 3.05) is 30.3 Å². The summed E-state index contributed by atoms with van der Waals surface area (Å²) in [6, 6.07) is 24.8. The van der Waals surface area contributed by atoms with E-state index >= 15 is 0 Å². The van der Waals surface area contributed by atoms with E-state index in [4.69, 9.17) is 4.74 Å². The van der Waals surface area contributed by atoms with Crippen LogP contribution >= 0.6 is 0 Å². The molecule has 0 saturated carbocycles. The molecule has 3 aromatic rings. The number of benzene rings is 3. The Hall–Kier alpha value is -3.80. The lowest BCUT2D eigenvalue weighted by atomic mass is 10.1. The van der Waals surface area contributed by atoms with E-state index in [9.17, 15) is 9.59 Å². The largest absolute Gasteiger partial charge is 0.491 e. The van der Waals surface area contributed by atoms with Crippen molar-refractivity contribution >= 4 is 23.2 Å². The molecule has 3 N–H and O–H groups in total. The van der Waals surface area contributed by atoms with Crippen LogP contribution in [0.5, 0.6) is 5.75 Å². The second kappa shape index (κ2) is 13.7. The molecule has 3 rings (SSSR count). The fraction of sp³-hybridized carbons (Fsp3) is 0.286. The van der Waals surface area contributed by atoms with Crippen LogP contribution in [0, 0.1) is 0 Å². The molecule has 0 aliphatic rings.